The summed E-state index contributed by atoms with van der Waals surface area (Å²) in [6.45, 7) is 5.40. The van der Waals surface area contributed by atoms with E-state index in [1.54, 1.807) is 27.0 Å². The summed E-state index contributed by atoms with van der Waals surface area (Å²) in [7, 11) is 3.05. The Labute approximate surface area is 214 Å². The summed E-state index contributed by atoms with van der Waals surface area (Å²) in [4.78, 5) is 50.6. The predicted octanol–water partition coefficient (Wildman–Crippen LogP) is 3.53. The van der Waals surface area contributed by atoms with Gasteiger partial charge in [-0.05, 0) is 44.1 Å². The number of ketones is 1. The number of ether oxygens (including phenoxy) is 2. The summed E-state index contributed by atoms with van der Waals surface area (Å²) in [5.41, 5.74) is 0.687. The third-order valence-corrected chi connectivity index (χ3v) is 7.12. The van der Waals surface area contributed by atoms with E-state index in [0.29, 0.717) is 44.1 Å². The van der Waals surface area contributed by atoms with Crippen LogP contribution in [0.25, 0.3) is 0 Å². The number of Topliss-reactive ketones (excluding diaryl/α,β-unsaturated/α-hetero) is 1. The van der Waals surface area contributed by atoms with E-state index in [0.717, 1.165) is 4.90 Å². The molecule has 2 aliphatic rings. The van der Waals surface area contributed by atoms with Crippen molar-refractivity contribution < 1.29 is 33.8 Å². The minimum absolute atomic E-state index is 0.0478. The van der Waals surface area contributed by atoms with Gasteiger partial charge in [0.2, 0.25) is 11.8 Å². The van der Waals surface area contributed by atoms with Gasteiger partial charge in [0, 0.05) is 45.4 Å². The molecule has 2 heterocycles. The van der Waals surface area contributed by atoms with Crippen molar-refractivity contribution in [2.45, 2.75) is 84.0 Å². The topological polar surface area (TPSA) is 110 Å². The molecule has 0 radical (unpaired) electrons. The highest BCUT2D eigenvalue weighted by Gasteiger charge is 2.32. The standard InChI is InChI=1S/C28H41NO7/c1-18-15-19(2)28(36-26(33)14-9-7-6-8-13-23(35-5)27(18)34)20(3)22(30)12-10-11-21-16-24(31)29(4)25(32)17-21/h8-9,13-15,18,20-21,23,27-28,34H,6-7,10-12,16-17H2,1-5H3/b13-8+,14-9+,19-15-/t18-,20-,23+,27+,28+/m1/s1. The van der Waals surface area contributed by atoms with Gasteiger partial charge in [-0.2, -0.15) is 0 Å². The molecule has 8 heteroatoms. The average Bonchev–Trinajstić information content (AvgIpc) is 2.83. The maximum Gasteiger partial charge on any atom is 0.331 e. The number of likely N-dealkylation sites (tertiary alicyclic amines) is 1. The molecule has 0 aromatic rings. The van der Waals surface area contributed by atoms with E-state index < -0.39 is 30.2 Å². The fourth-order valence-corrected chi connectivity index (χ4v) is 4.74. The average molecular weight is 504 g/mol. The Balaban J connectivity index is 2.11. The molecular weight excluding hydrogens is 462 g/mol. The summed E-state index contributed by atoms with van der Waals surface area (Å²) in [6, 6.07) is 0. The Bertz CT molecular complexity index is 872. The zero-order chi connectivity index (χ0) is 26.8. The van der Waals surface area contributed by atoms with E-state index in [4.69, 9.17) is 9.47 Å². The Morgan fingerprint density at radius 2 is 1.83 bits per heavy atom. The van der Waals surface area contributed by atoms with Crippen LogP contribution in [-0.4, -0.2) is 66.0 Å². The lowest BCUT2D eigenvalue weighted by Crippen LogP contribution is -2.40. The van der Waals surface area contributed by atoms with Crippen LogP contribution in [0.4, 0.5) is 0 Å². The van der Waals surface area contributed by atoms with Crippen molar-refractivity contribution in [1.29, 1.82) is 0 Å². The van der Waals surface area contributed by atoms with Gasteiger partial charge >= 0.3 is 5.97 Å². The van der Waals surface area contributed by atoms with Crippen molar-refractivity contribution >= 4 is 23.6 Å². The number of hydrogen-bond acceptors (Lipinski definition) is 7. The molecular formula is C28H41NO7. The Hall–Kier alpha value is -2.58. The van der Waals surface area contributed by atoms with Crippen LogP contribution < -0.4 is 0 Å². The lowest BCUT2D eigenvalue weighted by atomic mass is 9.86. The number of amides is 2. The van der Waals surface area contributed by atoms with Gasteiger partial charge in [-0.25, -0.2) is 4.79 Å². The first-order valence-electron chi connectivity index (χ1n) is 12.8. The van der Waals surface area contributed by atoms with E-state index in [2.05, 4.69) is 0 Å². The molecule has 200 valence electrons. The van der Waals surface area contributed by atoms with Crippen LogP contribution in [0.1, 0.15) is 65.7 Å². The zero-order valence-electron chi connectivity index (χ0n) is 22.1. The van der Waals surface area contributed by atoms with Crippen LogP contribution in [0, 0.1) is 17.8 Å². The Kier molecular flexibility index (Phi) is 11.7. The van der Waals surface area contributed by atoms with Crippen molar-refractivity contribution in [2.75, 3.05) is 14.2 Å². The van der Waals surface area contributed by atoms with Crippen molar-refractivity contribution in [3.05, 3.63) is 36.0 Å². The van der Waals surface area contributed by atoms with E-state index >= 15 is 0 Å². The summed E-state index contributed by atoms with van der Waals surface area (Å²) >= 11 is 0. The Morgan fingerprint density at radius 1 is 1.19 bits per heavy atom. The summed E-state index contributed by atoms with van der Waals surface area (Å²) in [6.07, 6.45) is 10.0. The molecule has 0 spiro atoms. The van der Waals surface area contributed by atoms with Gasteiger partial charge in [0.25, 0.3) is 0 Å². The van der Waals surface area contributed by atoms with Crippen LogP contribution >= 0.6 is 0 Å². The molecule has 2 amide bonds. The first-order chi connectivity index (χ1) is 17.0. The fraction of sp³-hybridized carbons (Fsp3) is 0.643. The molecule has 0 aromatic heterocycles. The summed E-state index contributed by atoms with van der Waals surface area (Å²) < 4.78 is 11.2. The van der Waals surface area contributed by atoms with Crippen LogP contribution in [0.15, 0.2) is 36.0 Å². The summed E-state index contributed by atoms with van der Waals surface area (Å²) in [5, 5.41) is 10.8. The quantitative estimate of drug-likeness (QED) is 0.321. The normalized spacial score (nSPS) is 31.1. The van der Waals surface area contributed by atoms with Gasteiger partial charge in [0.15, 0.2) is 0 Å². The van der Waals surface area contributed by atoms with Crippen LogP contribution in [0.5, 0.6) is 0 Å². The number of hydrogen-bond donors (Lipinski definition) is 1. The predicted molar refractivity (Wildman–Crippen MR) is 136 cm³/mol. The number of cyclic esters (lactones) is 1. The number of rotatable bonds is 7. The number of carbonyl (C=O) groups is 4. The SMILES string of the molecule is CO[C@H]1/C=C/CC/C=C/C(=O)O[C@H]([C@H](C)C(=O)CCCC2CC(=O)N(C)C(=O)C2)/C(C)=C\[C@@H](C)[C@@H]1O. The highest BCUT2D eigenvalue weighted by atomic mass is 16.5. The minimum atomic E-state index is -0.804. The first-order valence-corrected chi connectivity index (χ1v) is 12.8. The molecule has 0 saturated carbocycles. The van der Waals surface area contributed by atoms with Gasteiger partial charge < -0.3 is 14.6 Å². The number of carbonyl (C=O) groups excluding carboxylic acids is 4. The van der Waals surface area contributed by atoms with Crippen LogP contribution in [0.3, 0.4) is 0 Å². The maximum atomic E-state index is 13.1. The second kappa shape index (κ2) is 14.2. The molecule has 0 aromatic carbocycles. The molecule has 5 atom stereocenters. The maximum absolute atomic E-state index is 13.1. The monoisotopic (exact) mass is 503 g/mol. The molecule has 0 unspecified atom stereocenters. The third kappa shape index (κ3) is 8.52. The zero-order valence-corrected chi connectivity index (χ0v) is 22.1. The minimum Gasteiger partial charge on any atom is -0.454 e. The Morgan fingerprint density at radius 3 is 2.47 bits per heavy atom. The third-order valence-electron chi connectivity index (χ3n) is 7.12. The molecule has 2 aliphatic heterocycles. The highest BCUT2D eigenvalue weighted by molar-refractivity contribution is 5.97. The number of esters is 1. The molecule has 8 nitrogen and oxygen atoms in total. The van der Waals surface area contributed by atoms with E-state index in [1.165, 1.54) is 13.1 Å². The van der Waals surface area contributed by atoms with E-state index in [9.17, 15) is 24.3 Å². The number of imide groups is 1. The molecule has 1 saturated heterocycles. The van der Waals surface area contributed by atoms with Gasteiger partial charge in [0.1, 0.15) is 18.0 Å². The largest absolute Gasteiger partial charge is 0.454 e. The molecule has 1 fully saturated rings. The van der Waals surface area contributed by atoms with Gasteiger partial charge in [-0.15, -0.1) is 0 Å². The van der Waals surface area contributed by atoms with Gasteiger partial charge in [-0.1, -0.05) is 38.2 Å². The smallest absolute Gasteiger partial charge is 0.331 e. The molecule has 0 bridgehead atoms. The number of aliphatic hydroxyl groups is 1. The van der Waals surface area contributed by atoms with Crippen molar-refractivity contribution in [2.24, 2.45) is 17.8 Å². The molecule has 0 aliphatic carbocycles. The van der Waals surface area contributed by atoms with E-state index in [-0.39, 0.29) is 35.9 Å². The first kappa shape index (κ1) is 29.6. The number of nitrogens with zero attached hydrogens (tertiary/aromatic N) is 1. The second-order valence-electron chi connectivity index (χ2n) is 9.99. The number of aliphatic hydroxyl groups excluding tert-OH is 1. The molecule has 36 heavy (non-hydrogen) atoms. The van der Waals surface area contributed by atoms with Crippen molar-refractivity contribution in [3.63, 3.8) is 0 Å². The van der Waals surface area contributed by atoms with Crippen LogP contribution in [-0.2, 0) is 28.7 Å². The fourth-order valence-electron chi connectivity index (χ4n) is 4.74. The number of allylic oxidation sites excluding steroid dienone is 2. The molecule has 2 rings (SSSR count). The van der Waals surface area contributed by atoms with E-state index in [1.807, 2.05) is 25.2 Å². The van der Waals surface area contributed by atoms with Gasteiger partial charge in [-0.3, -0.25) is 19.3 Å². The second-order valence-corrected chi connectivity index (χ2v) is 9.99. The lowest BCUT2D eigenvalue weighted by Gasteiger charge is -2.28. The molecule has 1 N–H and O–H groups in total. The lowest BCUT2D eigenvalue weighted by molar-refractivity contribution is -0.148. The number of piperidine rings is 1. The highest BCUT2D eigenvalue weighted by Crippen LogP contribution is 2.27. The van der Waals surface area contributed by atoms with Gasteiger partial charge in [0.05, 0.1) is 12.0 Å². The van der Waals surface area contributed by atoms with Crippen LogP contribution in [0.2, 0.25) is 0 Å². The summed E-state index contributed by atoms with van der Waals surface area (Å²) in [5.74, 6) is -1.87. The number of methoxy groups -OCH3 is 1. The van der Waals surface area contributed by atoms with Crippen molar-refractivity contribution in [3.8, 4) is 0 Å². The van der Waals surface area contributed by atoms with Crippen molar-refractivity contribution in [1.82, 2.24) is 4.90 Å².